The number of carboxylic acids is 1. The minimum atomic E-state index is -1.17. The van der Waals surface area contributed by atoms with Crippen LogP contribution < -0.4 is 10.6 Å². The predicted octanol–water partition coefficient (Wildman–Crippen LogP) is 4.04. The Balaban J connectivity index is 1.41. The summed E-state index contributed by atoms with van der Waals surface area (Å²) in [6.45, 7) is 1.76. The maximum absolute atomic E-state index is 12.8. The van der Waals surface area contributed by atoms with Crippen LogP contribution in [0.2, 0.25) is 0 Å². The van der Waals surface area contributed by atoms with Crippen molar-refractivity contribution in [2.45, 2.75) is 25.3 Å². The largest absolute Gasteiger partial charge is 0.477 e. The molecule has 1 unspecified atom stereocenters. The minimum absolute atomic E-state index is 0.0766. The van der Waals surface area contributed by atoms with E-state index in [0.717, 1.165) is 22.3 Å². The number of pyridine rings is 1. The lowest BCUT2D eigenvalue weighted by Crippen LogP contribution is -2.44. The van der Waals surface area contributed by atoms with Gasteiger partial charge in [0, 0.05) is 12.3 Å². The molecule has 0 aliphatic heterocycles. The molecule has 3 N–H and O–H groups in total. The van der Waals surface area contributed by atoms with Crippen molar-refractivity contribution in [3.05, 3.63) is 83.7 Å². The number of anilines is 1. The van der Waals surface area contributed by atoms with Gasteiger partial charge in [0.25, 0.3) is 0 Å². The molecule has 0 radical (unpaired) electrons. The summed E-state index contributed by atoms with van der Waals surface area (Å²) in [5, 5.41) is 14.1. The fraction of sp³-hybridized carbons (Fsp3) is 0.185. The zero-order valence-corrected chi connectivity index (χ0v) is 18.9. The molecule has 0 saturated heterocycles. The van der Waals surface area contributed by atoms with Crippen LogP contribution in [0.25, 0.3) is 11.1 Å². The summed E-state index contributed by atoms with van der Waals surface area (Å²) in [5.74, 6) is 3.71. The van der Waals surface area contributed by atoms with Crippen molar-refractivity contribution in [2.24, 2.45) is 0 Å². The SMILES string of the molecule is CC#CCC(NC(=O)OCC1c2ccccc2-c2ccccc21)C(=O)Nc1ccc(C(=O)O)nc1. The van der Waals surface area contributed by atoms with Crippen LogP contribution in [0.5, 0.6) is 0 Å². The van der Waals surface area contributed by atoms with E-state index in [9.17, 15) is 14.4 Å². The fourth-order valence-electron chi connectivity index (χ4n) is 4.02. The number of ether oxygens (including phenoxy) is 1. The lowest BCUT2D eigenvalue weighted by atomic mass is 9.98. The number of carboxylic acid groups (broad SMARTS) is 1. The van der Waals surface area contributed by atoms with E-state index in [1.807, 2.05) is 36.4 Å². The molecule has 35 heavy (non-hydrogen) atoms. The molecule has 1 atom stereocenters. The molecule has 1 aliphatic rings. The number of aromatic carboxylic acids is 1. The molecule has 0 fully saturated rings. The lowest BCUT2D eigenvalue weighted by Gasteiger charge is -2.18. The van der Waals surface area contributed by atoms with E-state index < -0.39 is 24.0 Å². The van der Waals surface area contributed by atoms with Gasteiger partial charge in [-0.3, -0.25) is 4.79 Å². The summed E-state index contributed by atoms with van der Waals surface area (Å²) in [5.41, 5.74) is 4.57. The van der Waals surface area contributed by atoms with E-state index in [0.29, 0.717) is 5.69 Å². The molecule has 0 saturated carbocycles. The standard InChI is InChI=1S/C27H23N3O5/c1-2-3-12-23(25(31)29-17-13-14-24(26(32)33)28-15-17)30-27(34)35-16-22-20-10-6-4-8-18(20)19-9-5-7-11-21(19)22/h4-11,13-15,22-23H,12,16H2,1H3,(H,29,31)(H,30,34)(H,32,33). The number of nitrogens with zero attached hydrogens (tertiary/aromatic N) is 1. The van der Waals surface area contributed by atoms with Crippen molar-refractivity contribution < 1.29 is 24.2 Å². The number of aromatic nitrogens is 1. The third kappa shape index (κ3) is 5.31. The van der Waals surface area contributed by atoms with Crippen molar-refractivity contribution in [1.82, 2.24) is 10.3 Å². The molecule has 0 spiro atoms. The third-order valence-electron chi connectivity index (χ3n) is 5.69. The number of carbonyl (C=O) groups excluding carboxylic acids is 2. The number of alkyl carbamates (subject to hydrolysis) is 1. The molecule has 3 aromatic rings. The molecule has 2 aromatic carbocycles. The van der Waals surface area contributed by atoms with Crippen LogP contribution in [0.1, 0.15) is 40.9 Å². The van der Waals surface area contributed by atoms with E-state index in [1.54, 1.807) is 6.92 Å². The Morgan fingerprint density at radius 3 is 2.26 bits per heavy atom. The second kappa shape index (κ2) is 10.5. The molecule has 1 aromatic heterocycles. The Hall–Kier alpha value is -4.64. The number of hydrogen-bond donors (Lipinski definition) is 3. The Labute approximate surface area is 202 Å². The highest BCUT2D eigenvalue weighted by Gasteiger charge is 2.29. The van der Waals surface area contributed by atoms with E-state index >= 15 is 0 Å². The second-order valence-corrected chi connectivity index (χ2v) is 7.88. The first-order chi connectivity index (χ1) is 17.0. The first-order valence-corrected chi connectivity index (χ1v) is 11.0. The second-order valence-electron chi connectivity index (χ2n) is 7.88. The van der Waals surface area contributed by atoms with Gasteiger partial charge >= 0.3 is 12.1 Å². The fourth-order valence-corrected chi connectivity index (χ4v) is 4.02. The van der Waals surface area contributed by atoms with Gasteiger partial charge in [-0.1, -0.05) is 48.5 Å². The van der Waals surface area contributed by atoms with Gasteiger partial charge in [-0.2, -0.15) is 0 Å². The van der Waals surface area contributed by atoms with Crippen LogP contribution in [0.3, 0.4) is 0 Å². The Kier molecular flexibility index (Phi) is 7.07. The minimum Gasteiger partial charge on any atom is -0.477 e. The van der Waals surface area contributed by atoms with Crippen LogP contribution >= 0.6 is 0 Å². The van der Waals surface area contributed by atoms with Crippen LogP contribution in [0.4, 0.5) is 10.5 Å². The number of nitrogens with one attached hydrogen (secondary N) is 2. The van der Waals surface area contributed by atoms with Crippen molar-refractivity contribution in [2.75, 3.05) is 11.9 Å². The average Bonchev–Trinajstić information content (AvgIpc) is 3.19. The number of hydrogen-bond acceptors (Lipinski definition) is 5. The highest BCUT2D eigenvalue weighted by Crippen LogP contribution is 2.44. The van der Waals surface area contributed by atoms with E-state index in [1.165, 1.54) is 18.3 Å². The van der Waals surface area contributed by atoms with Crippen molar-refractivity contribution in [3.8, 4) is 23.0 Å². The molecule has 8 heteroatoms. The summed E-state index contributed by atoms with van der Waals surface area (Å²) in [6.07, 6.45) is 0.578. The number of amides is 2. The first-order valence-electron chi connectivity index (χ1n) is 11.0. The average molecular weight is 469 g/mol. The van der Waals surface area contributed by atoms with Crippen LogP contribution in [-0.4, -0.2) is 40.7 Å². The van der Waals surface area contributed by atoms with Crippen LogP contribution in [0.15, 0.2) is 66.9 Å². The van der Waals surface area contributed by atoms with Gasteiger partial charge in [0.05, 0.1) is 11.9 Å². The van der Waals surface area contributed by atoms with Crippen molar-refractivity contribution in [3.63, 3.8) is 0 Å². The summed E-state index contributed by atoms with van der Waals surface area (Å²) < 4.78 is 5.54. The predicted molar refractivity (Wildman–Crippen MR) is 130 cm³/mol. The van der Waals surface area contributed by atoms with E-state index in [2.05, 4.69) is 39.6 Å². The normalized spacial score (nSPS) is 12.4. The van der Waals surface area contributed by atoms with Crippen molar-refractivity contribution in [1.29, 1.82) is 0 Å². The Morgan fingerprint density at radius 1 is 1.03 bits per heavy atom. The van der Waals surface area contributed by atoms with Gasteiger partial charge < -0.3 is 20.5 Å². The number of benzene rings is 2. The number of fused-ring (bicyclic) bond motifs is 3. The molecule has 4 rings (SSSR count). The maximum atomic E-state index is 12.8. The molecule has 8 nitrogen and oxygen atoms in total. The Morgan fingerprint density at radius 2 is 1.69 bits per heavy atom. The summed E-state index contributed by atoms with van der Waals surface area (Å²) in [7, 11) is 0. The van der Waals surface area contributed by atoms with E-state index in [-0.39, 0.29) is 24.6 Å². The highest BCUT2D eigenvalue weighted by atomic mass is 16.5. The zero-order valence-electron chi connectivity index (χ0n) is 18.9. The molecule has 176 valence electrons. The molecule has 1 aliphatic carbocycles. The molecular formula is C27H23N3O5. The topological polar surface area (TPSA) is 118 Å². The number of rotatable bonds is 7. The van der Waals surface area contributed by atoms with Crippen LogP contribution in [-0.2, 0) is 9.53 Å². The molecule has 0 bridgehead atoms. The lowest BCUT2D eigenvalue weighted by molar-refractivity contribution is -0.118. The molecule has 2 amide bonds. The van der Waals surface area contributed by atoms with Gasteiger partial charge in [0.2, 0.25) is 5.91 Å². The van der Waals surface area contributed by atoms with Gasteiger partial charge in [-0.25, -0.2) is 14.6 Å². The molecule has 1 heterocycles. The first kappa shape index (κ1) is 23.5. The van der Waals surface area contributed by atoms with E-state index in [4.69, 9.17) is 9.84 Å². The monoisotopic (exact) mass is 469 g/mol. The van der Waals surface area contributed by atoms with Crippen molar-refractivity contribution >= 4 is 23.7 Å². The van der Waals surface area contributed by atoms with Gasteiger partial charge in [-0.15, -0.1) is 11.8 Å². The smallest absolute Gasteiger partial charge is 0.407 e. The third-order valence-corrected chi connectivity index (χ3v) is 5.69. The van der Waals surface area contributed by atoms with Gasteiger partial charge in [0.15, 0.2) is 0 Å². The quantitative estimate of drug-likeness (QED) is 0.450. The summed E-state index contributed by atoms with van der Waals surface area (Å²) >= 11 is 0. The Bertz CT molecular complexity index is 1280. The maximum Gasteiger partial charge on any atom is 0.407 e. The summed E-state index contributed by atoms with van der Waals surface area (Å²) in [4.78, 5) is 40.1. The van der Waals surface area contributed by atoms with Crippen LogP contribution in [0, 0.1) is 11.8 Å². The molecular weight excluding hydrogens is 446 g/mol. The highest BCUT2D eigenvalue weighted by molar-refractivity contribution is 5.97. The zero-order chi connectivity index (χ0) is 24.8. The summed E-state index contributed by atoms with van der Waals surface area (Å²) in [6, 6.07) is 17.8. The van der Waals surface area contributed by atoms with Gasteiger partial charge in [-0.05, 0) is 41.3 Å². The van der Waals surface area contributed by atoms with Gasteiger partial charge in [0.1, 0.15) is 18.3 Å². The number of carbonyl (C=O) groups is 3.